The summed E-state index contributed by atoms with van der Waals surface area (Å²) < 4.78 is 0. The predicted molar refractivity (Wildman–Crippen MR) is 67.1 cm³/mol. The van der Waals surface area contributed by atoms with Crippen LogP contribution in [0.25, 0.3) is 0 Å². The van der Waals surface area contributed by atoms with E-state index in [0.717, 1.165) is 25.9 Å². The summed E-state index contributed by atoms with van der Waals surface area (Å²) in [6.07, 6.45) is 1.69. The zero-order valence-electron chi connectivity index (χ0n) is 11.1. The second-order valence-electron chi connectivity index (χ2n) is 5.69. The zero-order valence-corrected chi connectivity index (χ0v) is 11.1. The molecule has 2 saturated heterocycles. The van der Waals surface area contributed by atoms with E-state index in [4.69, 9.17) is 5.11 Å². The van der Waals surface area contributed by atoms with Gasteiger partial charge in [0, 0.05) is 19.6 Å². The van der Waals surface area contributed by atoms with Crippen LogP contribution in [0.5, 0.6) is 0 Å². The van der Waals surface area contributed by atoms with Gasteiger partial charge < -0.3 is 15.3 Å². The number of carboxylic acid groups (broad SMARTS) is 1. The quantitative estimate of drug-likeness (QED) is 0.772. The molecule has 0 saturated carbocycles. The summed E-state index contributed by atoms with van der Waals surface area (Å²) in [5.41, 5.74) is -0.298. The SMILES string of the molecule is CCC1(C(=O)N2CC(C)C(C(=O)O)C2)CCNC1. The summed E-state index contributed by atoms with van der Waals surface area (Å²) in [5.74, 6) is -0.995. The van der Waals surface area contributed by atoms with Gasteiger partial charge in [0.1, 0.15) is 0 Å². The van der Waals surface area contributed by atoms with Crippen molar-refractivity contribution in [1.82, 2.24) is 10.2 Å². The van der Waals surface area contributed by atoms with Crippen molar-refractivity contribution < 1.29 is 14.7 Å². The molecule has 2 rings (SSSR count). The zero-order chi connectivity index (χ0) is 13.3. The molecule has 5 heteroatoms. The minimum Gasteiger partial charge on any atom is -0.481 e. The molecule has 0 aliphatic carbocycles. The average Bonchev–Trinajstić information content (AvgIpc) is 2.95. The summed E-state index contributed by atoms with van der Waals surface area (Å²) in [7, 11) is 0. The number of carbonyl (C=O) groups is 2. The number of nitrogens with one attached hydrogen (secondary N) is 1. The van der Waals surface area contributed by atoms with Gasteiger partial charge in [0.05, 0.1) is 11.3 Å². The summed E-state index contributed by atoms with van der Waals surface area (Å²) in [4.78, 5) is 25.5. The first kappa shape index (κ1) is 13.3. The number of hydrogen-bond acceptors (Lipinski definition) is 3. The summed E-state index contributed by atoms with van der Waals surface area (Å²) in [6, 6.07) is 0. The molecule has 2 N–H and O–H groups in total. The van der Waals surface area contributed by atoms with Crippen LogP contribution in [-0.2, 0) is 9.59 Å². The standard InChI is InChI=1S/C13H22N2O3/c1-3-13(4-5-14-8-13)12(18)15-6-9(2)10(7-15)11(16)17/h9-10,14H,3-8H2,1-2H3,(H,16,17). The van der Waals surface area contributed by atoms with Crippen LogP contribution in [0.3, 0.4) is 0 Å². The van der Waals surface area contributed by atoms with E-state index in [1.165, 1.54) is 0 Å². The van der Waals surface area contributed by atoms with Gasteiger partial charge in [-0.05, 0) is 25.3 Å². The van der Waals surface area contributed by atoms with Crippen molar-refractivity contribution in [3.63, 3.8) is 0 Å². The molecule has 102 valence electrons. The molecule has 1 amide bonds. The molecule has 2 fully saturated rings. The molecule has 2 aliphatic heterocycles. The molecule has 0 spiro atoms. The van der Waals surface area contributed by atoms with Crippen LogP contribution < -0.4 is 5.32 Å². The second-order valence-corrected chi connectivity index (χ2v) is 5.69. The van der Waals surface area contributed by atoms with Crippen molar-refractivity contribution in [2.75, 3.05) is 26.2 Å². The second kappa shape index (κ2) is 4.88. The molecule has 0 aromatic carbocycles. The first-order chi connectivity index (χ1) is 8.50. The van der Waals surface area contributed by atoms with Crippen molar-refractivity contribution in [2.24, 2.45) is 17.3 Å². The molecule has 18 heavy (non-hydrogen) atoms. The topological polar surface area (TPSA) is 69.6 Å². The van der Waals surface area contributed by atoms with E-state index in [1.54, 1.807) is 4.90 Å². The molecule has 5 nitrogen and oxygen atoms in total. The summed E-state index contributed by atoms with van der Waals surface area (Å²) in [5, 5.41) is 12.4. The van der Waals surface area contributed by atoms with Gasteiger partial charge in [-0.25, -0.2) is 0 Å². The fourth-order valence-corrected chi connectivity index (χ4v) is 3.17. The molecular weight excluding hydrogens is 232 g/mol. The van der Waals surface area contributed by atoms with Gasteiger partial charge in [0.2, 0.25) is 5.91 Å². The van der Waals surface area contributed by atoms with E-state index in [0.29, 0.717) is 13.1 Å². The van der Waals surface area contributed by atoms with E-state index in [9.17, 15) is 9.59 Å². The lowest BCUT2D eigenvalue weighted by atomic mass is 9.83. The summed E-state index contributed by atoms with van der Waals surface area (Å²) >= 11 is 0. The number of likely N-dealkylation sites (tertiary alicyclic amines) is 1. The fourth-order valence-electron chi connectivity index (χ4n) is 3.17. The predicted octanol–water partition coefficient (Wildman–Crippen LogP) is 0.555. The van der Waals surface area contributed by atoms with Gasteiger partial charge in [-0.2, -0.15) is 0 Å². The summed E-state index contributed by atoms with van der Waals surface area (Å²) in [6.45, 7) is 6.52. The Labute approximate surface area is 108 Å². The van der Waals surface area contributed by atoms with Crippen molar-refractivity contribution in [1.29, 1.82) is 0 Å². The van der Waals surface area contributed by atoms with Crippen LogP contribution in [0.15, 0.2) is 0 Å². The molecule has 0 aromatic rings. The van der Waals surface area contributed by atoms with E-state index < -0.39 is 11.9 Å². The van der Waals surface area contributed by atoms with Crippen molar-refractivity contribution in [3.05, 3.63) is 0 Å². The van der Waals surface area contributed by atoms with E-state index >= 15 is 0 Å². The number of carbonyl (C=O) groups excluding carboxylic acids is 1. The van der Waals surface area contributed by atoms with Crippen LogP contribution in [-0.4, -0.2) is 48.1 Å². The van der Waals surface area contributed by atoms with Crippen LogP contribution >= 0.6 is 0 Å². The maximum absolute atomic E-state index is 12.6. The molecule has 0 bridgehead atoms. The van der Waals surface area contributed by atoms with Crippen LogP contribution in [0.2, 0.25) is 0 Å². The first-order valence-electron chi connectivity index (χ1n) is 6.73. The number of nitrogens with zero attached hydrogens (tertiary/aromatic N) is 1. The lowest BCUT2D eigenvalue weighted by Crippen LogP contribution is -2.44. The van der Waals surface area contributed by atoms with Crippen molar-refractivity contribution >= 4 is 11.9 Å². The molecule has 0 aromatic heterocycles. The van der Waals surface area contributed by atoms with Crippen LogP contribution in [0.1, 0.15) is 26.7 Å². The average molecular weight is 254 g/mol. The highest BCUT2D eigenvalue weighted by molar-refractivity contribution is 5.84. The lowest BCUT2D eigenvalue weighted by molar-refractivity contribution is -0.143. The first-order valence-corrected chi connectivity index (χ1v) is 6.73. The Hall–Kier alpha value is -1.10. The third-order valence-corrected chi connectivity index (χ3v) is 4.59. The van der Waals surface area contributed by atoms with Crippen LogP contribution in [0.4, 0.5) is 0 Å². The lowest BCUT2D eigenvalue weighted by Gasteiger charge is -2.30. The highest BCUT2D eigenvalue weighted by Crippen LogP contribution is 2.34. The maximum atomic E-state index is 12.6. The minimum absolute atomic E-state index is 0.0507. The Morgan fingerprint density at radius 1 is 1.44 bits per heavy atom. The molecule has 2 heterocycles. The Morgan fingerprint density at radius 3 is 2.61 bits per heavy atom. The van der Waals surface area contributed by atoms with E-state index in [2.05, 4.69) is 5.32 Å². The van der Waals surface area contributed by atoms with Gasteiger partial charge in [0.15, 0.2) is 0 Å². The van der Waals surface area contributed by atoms with Crippen LogP contribution in [0, 0.1) is 17.3 Å². The Bertz CT molecular complexity index is 350. The van der Waals surface area contributed by atoms with E-state index in [1.807, 2.05) is 13.8 Å². The Balaban J connectivity index is 2.09. The maximum Gasteiger partial charge on any atom is 0.308 e. The normalized spacial score (nSPS) is 36.0. The largest absolute Gasteiger partial charge is 0.481 e. The fraction of sp³-hybridized carbons (Fsp3) is 0.846. The van der Waals surface area contributed by atoms with Gasteiger partial charge in [-0.3, -0.25) is 9.59 Å². The number of amides is 1. The Kier molecular flexibility index (Phi) is 3.61. The smallest absolute Gasteiger partial charge is 0.308 e. The molecule has 2 aliphatic rings. The number of aliphatic carboxylic acids is 1. The minimum atomic E-state index is -0.784. The van der Waals surface area contributed by atoms with Crippen molar-refractivity contribution in [3.8, 4) is 0 Å². The van der Waals surface area contributed by atoms with Gasteiger partial charge in [-0.15, -0.1) is 0 Å². The molecular formula is C13H22N2O3. The molecule has 3 atom stereocenters. The molecule has 0 radical (unpaired) electrons. The highest BCUT2D eigenvalue weighted by Gasteiger charge is 2.46. The number of rotatable bonds is 3. The van der Waals surface area contributed by atoms with Gasteiger partial charge >= 0.3 is 5.97 Å². The van der Waals surface area contributed by atoms with E-state index in [-0.39, 0.29) is 17.2 Å². The Morgan fingerprint density at radius 2 is 2.17 bits per heavy atom. The number of carboxylic acids is 1. The number of hydrogen-bond donors (Lipinski definition) is 2. The third kappa shape index (κ3) is 2.11. The third-order valence-electron chi connectivity index (χ3n) is 4.59. The monoisotopic (exact) mass is 254 g/mol. The molecule has 3 unspecified atom stereocenters. The van der Waals surface area contributed by atoms with Gasteiger partial charge in [0.25, 0.3) is 0 Å². The van der Waals surface area contributed by atoms with Crippen molar-refractivity contribution in [2.45, 2.75) is 26.7 Å². The van der Waals surface area contributed by atoms with Gasteiger partial charge in [-0.1, -0.05) is 13.8 Å². The highest BCUT2D eigenvalue weighted by atomic mass is 16.4.